The summed E-state index contributed by atoms with van der Waals surface area (Å²) in [6.45, 7) is 8.41. The van der Waals surface area contributed by atoms with Crippen molar-refractivity contribution in [2.45, 2.75) is 38.9 Å². The number of hydrogen-bond acceptors (Lipinski definition) is 4. The van der Waals surface area contributed by atoms with Crippen LogP contribution in [0.15, 0.2) is 127 Å². The van der Waals surface area contributed by atoms with Crippen molar-refractivity contribution in [3.63, 3.8) is 0 Å². The van der Waals surface area contributed by atoms with Crippen LogP contribution in [0.5, 0.6) is 0 Å². The Hall–Kier alpha value is -5.10. The van der Waals surface area contributed by atoms with Crippen LogP contribution in [0.3, 0.4) is 0 Å². The third-order valence-electron chi connectivity index (χ3n) is 10.3. The van der Waals surface area contributed by atoms with E-state index in [9.17, 15) is 0 Å². The molecule has 47 heavy (non-hydrogen) atoms. The fourth-order valence-corrected chi connectivity index (χ4v) is 7.10. The van der Waals surface area contributed by atoms with E-state index in [2.05, 4.69) is 143 Å². The van der Waals surface area contributed by atoms with Crippen LogP contribution in [-0.2, 0) is 9.31 Å². The molecule has 1 fully saturated rings. The van der Waals surface area contributed by atoms with E-state index in [0.717, 1.165) is 49.5 Å². The largest absolute Gasteiger partial charge is 0.495 e. The molecule has 0 saturated carbocycles. The van der Waals surface area contributed by atoms with Crippen LogP contribution in [0.1, 0.15) is 27.7 Å². The van der Waals surface area contributed by atoms with Crippen LogP contribution >= 0.6 is 0 Å². The first-order valence-electron chi connectivity index (χ1n) is 16.3. The lowest BCUT2D eigenvalue weighted by Gasteiger charge is -2.32. The van der Waals surface area contributed by atoms with E-state index in [-0.39, 0.29) is 0 Å². The minimum atomic E-state index is -0.536. The van der Waals surface area contributed by atoms with Gasteiger partial charge in [-0.2, -0.15) is 0 Å². The van der Waals surface area contributed by atoms with Gasteiger partial charge in [-0.1, -0.05) is 115 Å². The smallest absolute Gasteiger partial charge is 0.399 e. The fraction of sp³-hybridized carbons (Fsp3) is 0.143. The summed E-state index contributed by atoms with van der Waals surface area (Å²) in [5, 5.41) is 8.09. The molecule has 0 N–H and O–H groups in total. The molecule has 1 aromatic heterocycles. The van der Waals surface area contributed by atoms with Crippen molar-refractivity contribution in [1.82, 2.24) is 9.97 Å². The van der Waals surface area contributed by atoms with Gasteiger partial charge in [-0.15, -0.1) is 0 Å². The first-order valence-corrected chi connectivity index (χ1v) is 16.3. The summed E-state index contributed by atoms with van der Waals surface area (Å²) in [5.74, 6) is 0.680. The van der Waals surface area contributed by atoms with Gasteiger partial charge in [0.15, 0.2) is 5.82 Å². The van der Waals surface area contributed by atoms with Gasteiger partial charge in [-0.05, 0) is 88.7 Å². The Morgan fingerprint density at radius 3 is 1.91 bits per heavy atom. The Morgan fingerprint density at radius 1 is 0.511 bits per heavy atom. The molecule has 226 valence electrons. The zero-order chi connectivity index (χ0) is 31.9. The molecule has 0 amide bonds. The van der Waals surface area contributed by atoms with Crippen molar-refractivity contribution in [3.8, 4) is 33.8 Å². The van der Waals surface area contributed by atoms with Crippen LogP contribution in [0.4, 0.5) is 0 Å². The van der Waals surface area contributed by atoms with Crippen molar-refractivity contribution >= 4 is 55.8 Å². The lowest BCUT2D eigenvalue weighted by Crippen LogP contribution is -2.41. The maximum absolute atomic E-state index is 6.69. The van der Waals surface area contributed by atoms with E-state index in [1.807, 2.05) is 12.1 Å². The average molecular weight is 609 g/mol. The number of hydrogen-bond donors (Lipinski definition) is 0. The van der Waals surface area contributed by atoms with E-state index in [1.54, 1.807) is 0 Å². The molecule has 1 saturated heterocycles. The summed E-state index contributed by atoms with van der Waals surface area (Å²) < 4.78 is 13.4. The normalized spacial score (nSPS) is 15.8. The molecule has 0 radical (unpaired) electrons. The molecular weight excluding hydrogens is 575 g/mol. The SMILES string of the molecule is CC1(C)OB(c2cc(-c3nc(-c4cccc(-c5ccccc5)c4)c4ccccc4n3)c3ccc4cccc5ccc2c3c54)OC1(C)C. The summed E-state index contributed by atoms with van der Waals surface area (Å²) >= 11 is 0. The zero-order valence-corrected chi connectivity index (χ0v) is 26.9. The molecule has 2 heterocycles. The Kier molecular flexibility index (Phi) is 6.11. The molecule has 4 nitrogen and oxygen atoms in total. The molecule has 0 unspecified atom stereocenters. The lowest BCUT2D eigenvalue weighted by atomic mass is 9.73. The van der Waals surface area contributed by atoms with E-state index in [0.29, 0.717) is 5.82 Å². The highest BCUT2D eigenvalue weighted by atomic mass is 16.7. The minimum Gasteiger partial charge on any atom is -0.399 e. The maximum Gasteiger partial charge on any atom is 0.495 e. The van der Waals surface area contributed by atoms with E-state index in [4.69, 9.17) is 19.3 Å². The first-order chi connectivity index (χ1) is 22.8. The fourth-order valence-electron chi connectivity index (χ4n) is 7.10. The van der Waals surface area contributed by atoms with Crippen LogP contribution in [0, 0.1) is 0 Å². The topological polar surface area (TPSA) is 44.2 Å². The van der Waals surface area contributed by atoms with Crippen LogP contribution in [0.25, 0.3) is 77.0 Å². The summed E-state index contributed by atoms with van der Waals surface area (Å²) in [7, 11) is -0.536. The zero-order valence-electron chi connectivity index (χ0n) is 26.9. The number of benzene rings is 7. The number of para-hydroxylation sites is 1. The molecule has 1 aliphatic rings. The maximum atomic E-state index is 6.69. The van der Waals surface area contributed by atoms with Gasteiger partial charge < -0.3 is 9.31 Å². The molecule has 0 aliphatic carbocycles. The first kappa shape index (κ1) is 28.2. The molecule has 0 atom stereocenters. The van der Waals surface area contributed by atoms with Gasteiger partial charge in [-0.3, -0.25) is 0 Å². The number of rotatable bonds is 4. The van der Waals surface area contributed by atoms with Crippen molar-refractivity contribution < 1.29 is 9.31 Å². The van der Waals surface area contributed by atoms with Crippen LogP contribution in [-0.4, -0.2) is 28.3 Å². The number of fused-ring (bicyclic) bond motifs is 1. The third kappa shape index (κ3) is 4.38. The quantitative estimate of drug-likeness (QED) is 0.147. The number of aromatic nitrogens is 2. The van der Waals surface area contributed by atoms with Gasteiger partial charge in [0.05, 0.1) is 22.4 Å². The standard InChI is InChI=1S/C42H33BN2O2/c1-41(2)42(3,4)47-43(46-41)35-25-34(31-22-20-27-14-10-15-28-21-23-32(35)38(31)37(27)28)40-44-36-19-9-8-18-33(36)39(45-40)30-17-11-16-29(24-30)26-12-6-5-7-13-26/h5-25H,1-4H3. The lowest BCUT2D eigenvalue weighted by molar-refractivity contribution is 0.00578. The molecule has 5 heteroatoms. The van der Waals surface area contributed by atoms with Crippen molar-refractivity contribution in [3.05, 3.63) is 127 Å². The highest BCUT2D eigenvalue weighted by Crippen LogP contribution is 2.42. The number of nitrogens with zero attached hydrogens (tertiary/aromatic N) is 2. The van der Waals surface area contributed by atoms with Crippen molar-refractivity contribution in [1.29, 1.82) is 0 Å². The Bertz CT molecular complexity index is 2460. The predicted octanol–water partition coefficient (Wildman–Crippen LogP) is 9.83. The molecule has 7 aromatic carbocycles. The molecule has 1 aliphatic heterocycles. The highest BCUT2D eigenvalue weighted by Gasteiger charge is 2.52. The van der Waals surface area contributed by atoms with Gasteiger partial charge in [-0.25, -0.2) is 9.97 Å². The van der Waals surface area contributed by atoms with E-state index >= 15 is 0 Å². The molecule has 0 bridgehead atoms. The van der Waals surface area contributed by atoms with E-state index < -0.39 is 18.3 Å². The van der Waals surface area contributed by atoms with Crippen molar-refractivity contribution in [2.24, 2.45) is 0 Å². The minimum absolute atomic E-state index is 0.474. The second-order valence-corrected chi connectivity index (χ2v) is 13.6. The second kappa shape index (κ2) is 10.2. The Balaban J connectivity index is 1.33. The molecule has 8 aromatic rings. The third-order valence-corrected chi connectivity index (χ3v) is 10.3. The molecule has 0 spiro atoms. The summed E-state index contributed by atoms with van der Waals surface area (Å²) in [6.07, 6.45) is 0. The van der Waals surface area contributed by atoms with Gasteiger partial charge in [0, 0.05) is 16.5 Å². The van der Waals surface area contributed by atoms with Crippen LogP contribution < -0.4 is 5.46 Å². The van der Waals surface area contributed by atoms with E-state index in [1.165, 1.54) is 27.1 Å². The molecular formula is C42H33BN2O2. The Morgan fingerprint density at radius 2 is 1.15 bits per heavy atom. The Labute approximate surface area is 274 Å². The highest BCUT2D eigenvalue weighted by molar-refractivity contribution is 6.66. The van der Waals surface area contributed by atoms with Crippen LogP contribution in [0.2, 0.25) is 0 Å². The summed E-state index contributed by atoms with van der Waals surface area (Å²) in [6, 6.07) is 45.0. The van der Waals surface area contributed by atoms with Gasteiger partial charge in [0.2, 0.25) is 0 Å². The molecule has 9 rings (SSSR count). The predicted molar refractivity (Wildman–Crippen MR) is 195 cm³/mol. The second-order valence-electron chi connectivity index (χ2n) is 13.6. The monoisotopic (exact) mass is 608 g/mol. The average Bonchev–Trinajstić information content (AvgIpc) is 3.32. The van der Waals surface area contributed by atoms with Gasteiger partial charge in [0.25, 0.3) is 0 Å². The summed E-state index contributed by atoms with van der Waals surface area (Å²) in [5.41, 5.74) is 6.20. The van der Waals surface area contributed by atoms with Crippen molar-refractivity contribution in [2.75, 3.05) is 0 Å². The summed E-state index contributed by atoms with van der Waals surface area (Å²) in [4.78, 5) is 10.6. The van der Waals surface area contributed by atoms with Gasteiger partial charge >= 0.3 is 7.12 Å². The van der Waals surface area contributed by atoms with Gasteiger partial charge in [0.1, 0.15) is 0 Å².